The number of rotatable bonds is 3. The fourth-order valence-corrected chi connectivity index (χ4v) is 3.37. The molecule has 1 aromatic carbocycles. The van der Waals surface area contributed by atoms with Crippen LogP contribution in [0.2, 0.25) is 5.02 Å². The van der Waals surface area contributed by atoms with Gasteiger partial charge in [0.15, 0.2) is 5.58 Å². The normalized spacial score (nSPS) is 13.0. The molecule has 3 aromatic rings. The summed E-state index contributed by atoms with van der Waals surface area (Å²) in [5.74, 6) is 6.46. The summed E-state index contributed by atoms with van der Waals surface area (Å²) in [6, 6.07) is 9.60. The number of halogens is 1. The number of nitrogens with two attached hydrogens (primary N) is 1. The molecule has 0 aliphatic heterocycles. The number of hydrazine groups is 1. The lowest BCUT2D eigenvalue weighted by Crippen LogP contribution is -2.28. The van der Waals surface area contributed by atoms with Gasteiger partial charge < -0.3 is 4.42 Å². The Morgan fingerprint density at radius 3 is 2.84 bits per heavy atom. The minimum Gasteiger partial charge on any atom is -0.457 e. The summed E-state index contributed by atoms with van der Waals surface area (Å²) in [6.07, 6.45) is 0. The quantitative estimate of drug-likeness (QED) is 0.566. The second-order valence-electron chi connectivity index (χ2n) is 4.37. The van der Waals surface area contributed by atoms with Gasteiger partial charge in [-0.3, -0.25) is 5.84 Å². The Morgan fingerprint density at radius 1 is 1.37 bits per heavy atom. The average molecular weight is 293 g/mol. The zero-order valence-corrected chi connectivity index (χ0v) is 11.9. The number of aryl methyl sites for hydroxylation is 1. The van der Waals surface area contributed by atoms with E-state index >= 15 is 0 Å². The van der Waals surface area contributed by atoms with Crippen molar-refractivity contribution in [2.45, 2.75) is 13.0 Å². The third-order valence-corrected chi connectivity index (χ3v) is 4.51. The molecule has 2 heterocycles. The molecule has 1 atom stereocenters. The summed E-state index contributed by atoms with van der Waals surface area (Å²) in [5.41, 5.74) is 4.71. The summed E-state index contributed by atoms with van der Waals surface area (Å²) in [4.78, 5) is 1.15. The van der Waals surface area contributed by atoms with Crippen LogP contribution in [0.4, 0.5) is 0 Å². The second-order valence-corrected chi connectivity index (χ2v) is 5.73. The minimum absolute atomic E-state index is 0.150. The van der Waals surface area contributed by atoms with E-state index in [2.05, 4.69) is 18.4 Å². The summed E-state index contributed by atoms with van der Waals surface area (Å²) in [7, 11) is 0. The van der Waals surface area contributed by atoms with E-state index in [-0.39, 0.29) is 6.04 Å². The number of furan rings is 1. The smallest absolute Gasteiger partial charge is 0.152 e. The van der Waals surface area contributed by atoms with E-state index in [1.54, 1.807) is 11.3 Å². The van der Waals surface area contributed by atoms with Gasteiger partial charge in [0.1, 0.15) is 11.8 Å². The lowest BCUT2D eigenvalue weighted by molar-refractivity contribution is 0.480. The Kier molecular flexibility index (Phi) is 3.33. The van der Waals surface area contributed by atoms with Gasteiger partial charge in [0.25, 0.3) is 0 Å². The Hall–Kier alpha value is -1.33. The highest BCUT2D eigenvalue weighted by molar-refractivity contribution is 7.10. The summed E-state index contributed by atoms with van der Waals surface area (Å²) in [5, 5.41) is 3.64. The Morgan fingerprint density at radius 2 is 2.21 bits per heavy atom. The van der Waals surface area contributed by atoms with Gasteiger partial charge in [-0.25, -0.2) is 5.43 Å². The van der Waals surface area contributed by atoms with Crippen molar-refractivity contribution in [1.29, 1.82) is 0 Å². The topological polar surface area (TPSA) is 51.2 Å². The first kappa shape index (κ1) is 12.7. The predicted octanol–water partition coefficient (Wildman–Crippen LogP) is 4.01. The van der Waals surface area contributed by atoms with Gasteiger partial charge in [-0.15, -0.1) is 11.3 Å². The third-order valence-electron chi connectivity index (χ3n) is 3.13. The molecule has 3 rings (SSSR count). The van der Waals surface area contributed by atoms with Crippen LogP contribution < -0.4 is 11.3 Å². The molecule has 0 aliphatic rings. The van der Waals surface area contributed by atoms with Crippen molar-refractivity contribution in [1.82, 2.24) is 5.43 Å². The first-order chi connectivity index (χ1) is 9.20. The lowest BCUT2D eigenvalue weighted by atomic mass is 10.1. The molecule has 19 heavy (non-hydrogen) atoms. The molecule has 0 aliphatic carbocycles. The molecule has 0 amide bonds. The molecular weight excluding hydrogens is 280 g/mol. The van der Waals surface area contributed by atoms with Crippen molar-refractivity contribution in [2.24, 2.45) is 5.84 Å². The van der Waals surface area contributed by atoms with Crippen LogP contribution in [-0.4, -0.2) is 0 Å². The van der Waals surface area contributed by atoms with Crippen LogP contribution >= 0.6 is 22.9 Å². The average Bonchev–Trinajstić information content (AvgIpc) is 2.99. The second kappa shape index (κ2) is 4.98. The van der Waals surface area contributed by atoms with E-state index in [0.29, 0.717) is 10.6 Å². The Labute approximate surface area is 119 Å². The number of nitrogens with one attached hydrogen (secondary N) is 1. The largest absolute Gasteiger partial charge is 0.457 e. The molecular formula is C14H13ClN2OS. The summed E-state index contributed by atoms with van der Waals surface area (Å²) in [6.45, 7) is 2.06. The monoisotopic (exact) mass is 292 g/mol. The fraction of sp³-hybridized carbons (Fsp3) is 0.143. The molecule has 0 radical (unpaired) electrons. The first-order valence-corrected chi connectivity index (χ1v) is 7.14. The van der Waals surface area contributed by atoms with Crippen LogP contribution in [0.15, 0.2) is 40.1 Å². The van der Waals surface area contributed by atoms with Gasteiger partial charge in [0, 0.05) is 10.3 Å². The molecule has 3 nitrogen and oxygen atoms in total. The summed E-state index contributed by atoms with van der Waals surface area (Å²) < 4.78 is 5.86. The Bertz CT molecular complexity index is 719. The lowest BCUT2D eigenvalue weighted by Gasteiger charge is -2.12. The van der Waals surface area contributed by atoms with E-state index in [4.69, 9.17) is 21.9 Å². The van der Waals surface area contributed by atoms with E-state index in [1.807, 2.05) is 29.6 Å². The number of hydrogen-bond acceptors (Lipinski definition) is 4. The van der Waals surface area contributed by atoms with Crippen LogP contribution in [0.1, 0.15) is 22.2 Å². The molecule has 0 saturated heterocycles. The Balaban J connectivity index is 2.12. The molecule has 5 heteroatoms. The van der Waals surface area contributed by atoms with E-state index in [1.165, 1.54) is 5.56 Å². The van der Waals surface area contributed by atoms with Crippen molar-refractivity contribution >= 4 is 33.9 Å². The van der Waals surface area contributed by atoms with Gasteiger partial charge in [-0.2, -0.15) is 0 Å². The van der Waals surface area contributed by atoms with Gasteiger partial charge in [0.05, 0.1) is 5.02 Å². The van der Waals surface area contributed by atoms with Crippen molar-refractivity contribution < 1.29 is 4.42 Å². The van der Waals surface area contributed by atoms with Crippen LogP contribution in [0.5, 0.6) is 0 Å². The van der Waals surface area contributed by atoms with E-state index in [9.17, 15) is 0 Å². The van der Waals surface area contributed by atoms with Crippen molar-refractivity contribution in [3.8, 4) is 0 Å². The van der Waals surface area contributed by atoms with Crippen LogP contribution in [0.25, 0.3) is 11.0 Å². The maximum Gasteiger partial charge on any atom is 0.152 e. The van der Waals surface area contributed by atoms with Crippen LogP contribution in [0, 0.1) is 6.92 Å². The zero-order chi connectivity index (χ0) is 13.4. The SMILES string of the molecule is Cc1ccsc1C(NN)c1cc2cccc(Cl)c2o1. The first-order valence-electron chi connectivity index (χ1n) is 5.89. The van der Waals surface area contributed by atoms with Gasteiger partial charge >= 0.3 is 0 Å². The number of fused-ring (bicyclic) bond motifs is 1. The van der Waals surface area contributed by atoms with Gasteiger partial charge in [0.2, 0.25) is 0 Å². The van der Waals surface area contributed by atoms with Crippen LogP contribution in [-0.2, 0) is 0 Å². The van der Waals surface area contributed by atoms with Crippen molar-refractivity contribution in [3.63, 3.8) is 0 Å². The van der Waals surface area contributed by atoms with Gasteiger partial charge in [-0.1, -0.05) is 23.7 Å². The molecule has 1 unspecified atom stereocenters. The maximum atomic E-state index is 6.13. The number of para-hydroxylation sites is 1. The minimum atomic E-state index is -0.150. The zero-order valence-electron chi connectivity index (χ0n) is 10.3. The molecule has 3 N–H and O–H groups in total. The van der Waals surface area contributed by atoms with Crippen molar-refractivity contribution in [2.75, 3.05) is 0 Å². The molecule has 0 spiro atoms. The van der Waals surface area contributed by atoms with E-state index < -0.39 is 0 Å². The third kappa shape index (κ3) is 2.17. The number of hydrogen-bond donors (Lipinski definition) is 2. The van der Waals surface area contributed by atoms with Gasteiger partial charge in [-0.05, 0) is 36.1 Å². The molecule has 0 saturated carbocycles. The van der Waals surface area contributed by atoms with E-state index in [0.717, 1.165) is 16.0 Å². The highest BCUT2D eigenvalue weighted by Gasteiger charge is 2.20. The molecule has 2 aromatic heterocycles. The van der Waals surface area contributed by atoms with Crippen LogP contribution in [0.3, 0.4) is 0 Å². The molecule has 0 fully saturated rings. The maximum absolute atomic E-state index is 6.13. The molecule has 0 bridgehead atoms. The number of benzene rings is 1. The number of thiophene rings is 1. The summed E-state index contributed by atoms with van der Waals surface area (Å²) >= 11 is 7.79. The molecule has 98 valence electrons. The standard InChI is InChI=1S/C14H13ClN2OS/c1-8-5-6-19-14(8)12(17-16)11-7-9-3-2-4-10(15)13(9)18-11/h2-7,12,17H,16H2,1H3. The highest BCUT2D eigenvalue weighted by Crippen LogP contribution is 2.34. The predicted molar refractivity (Wildman–Crippen MR) is 79.4 cm³/mol. The van der Waals surface area contributed by atoms with Crippen molar-refractivity contribution in [3.05, 3.63) is 56.9 Å². The highest BCUT2D eigenvalue weighted by atomic mass is 35.5. The fourth-order valence-electron chi connectivity index (χ4n) is 2.16.